The molecule has 0 saturated heterocycles. The Hall–Kier alpha value is -3.38. The highest BCUT2D eigenvalue weighted by molar-refractivity contribution is 7.12. The monoisotopic (exact) mass is 447 g/mol. The Morgan fingerprint density at radius 2 is 1.78 bits per heavy atom. The second-order valence-electron chi connectivity index (χ2n) is 7.89. The first-order valence-electron chi connectivity index (χ1n) is 10.6. The Bertz CT molecular complexity index is 1150. The van der Waals surface area contributed by atoms with Crippen LogP contribution in [0.25, 0.3) is 0 Å². The van der Waals surface area contributed by atoms with Gasteiger partial charge in [-0.15, -0.1) is 11.3 Å². The number of nitrogens with zero attached hydrogens (tertiary/aromatic N) is 1. The summed E-state index contributed by atoms with van der Waals surface area (Å²) >= 11 is 1.29. The number of benzene rings is 2. The highest BCUT2D eigenvalue weighted by atomic mass is 32.1. The predicted molar refractivity (Wildman–Crippen MR) is 127 cm³/mol. The molecule has 32 heavy (non-hydrogen) atoms. The molecule has 2 heterocycles. The van der Waals surface area contributed by atoms with Crippen LogP contribution in [-0.4, -0.2) is 23.4 Å². The van der Waals surface area contributed by atoms with Crippen molar-refractivity contribution in [3.05, 3.63) is 93.4 Å². The summed E-state index contributed by atoms with van der Waals surface area (Å²) in [5.74, 6) is -0.389. The number of anilines is 1. The number of ketones is 1. The first-order valence-corrected chi connectivity index (χ1v) is 11.5. The first-order chi connectivity index (χ1) is 15.4. The molecule has 6 heteroatoms. The van der Waals surface area contributed by atoms with Crippen molar-refractivity contribution in [3.8, 4) is 5.75 Å². The second kappa shape index (κ2) is 9.01. The van der Waals surface area contributed by atoms with E-state index < -0.39 is 17.7 Å². The molecule has 1 amide bonds. The van der Waals surface area contributed by atoms with E-state index in [0.29, 0.717) is 28.8 Å². The second-order valence-corrected chi connectivity index (χ2v) is 8.84. The van der Waals surface area contributed by atoms with Gasteiger partial charge >= 0.3 is 0 Å². The average molecular weight is 448 g/mol. The molecule has 1 N–H and O–H groups in total. The minimum atomic E-state index is -0.726. The van der Waals surface area contributed by atoms with Crippen LogP contribution in [-0.2, 0) is 4.79 Å². The maximum Gasteiger partial charge on any atom is 0.294 e. The molecule has 0 aliphatic carbocycles. The van der Waals surface area contributed by atoms with E-state index in [4.69, 9.17) is 4.74 Å². The van der Waals surface area contributed by atoms with Crippen LogP contribution in [0.5, 0.6) is 5.75 Å². The van der Waals surface area contributed by atoms with Crippen LogP contribution in [0.3, 0.4) is 0 Å². The van der Waals surface area contributed by atoms with Crippen LogP contribution in [0.1, 0.15) is 53.5 Å². The van der Waals surface area contributed by atoms with Crippen molar-refractivity contribution in [1.29, 1.82) is 0 Å². The minimum absolute atomic E-state index is 0.101. The molecule has 3 aromatic rings. The SMILES string of the molecule is CCOc1ccc(N2C(=O)C(O)=C(C(=O)c3cccs3)C2c2ccc(C(C)C)cc2)cc1. The fourth-order valence-corrected chi connectivity index (χ4v) is 4.57. The average Bonchev–Trinajstić information content (AvgIpc) is 3.42. The van der Waals surface area contributed by atoms with Crippen molar-refractivity contribution in [2.75, 3.05) is 11.5 Å². The van der Waals surface area contributed by atoms with E-state index in [0.717, 1.165) is 11.1 Å². The van der Waals surface area contributed by atoms with Crippen molar-refractivity contribution in [2.45, 2.75) is 32.7 Å². The highest BCUT2D eigenvalue weighted by Gasteiger charge is 2.44. The Morgan fingerprint density at radius 3 is 2.34 bits per heavy atom. The first kappa shape index (κ1) is 21.8. The van der Waals surface area contributed by atoms with Crippen LogP contribution < -0.4 is 9.64 Å². The number of aliphatic hydroxyl groups excluding tert-OH is 1. The summed E-state index contributed by atoms with van der Waals surface area (Å²) in [6, 6.07) is 17.7. The predicted octanol–water partition coefficient (Wildman–Crippen LogP) is 6.05. The van der Waals surface area contributed by atoms with Gasteiger partial charge in [-0.3, -0.25) is 14.5 Å². The molecular formula is C26H25NO4S. The van der Waals surface area contributed by atoms with E-state index in [2.05, 4.69) is 13.8 Å². The summed E-state index contributed by atoms with van der Waals surface area (Å²) in [6.45, 7) is 6.66. The lowest BCUT2D eigenvalue weighted by atomic mass is 9.93. The van der Waals surface area contributed by atoms with Gasteiger partial charge in [-0.05, 0) is 59.7 Å². The smallest absolute Gasteiger partial charge is 0.294 e. The molecule has 4 rings (SSSR count). The van der Waals surface area contributed by atoms with Crippen LogP contribution in [0.15, 0.2) is 77.4 Å². The van der Waals surface area contributed by atoms with Gasteiger partial charge in [0.1, 0.15) is 5.75 Å². The van der Waals surface area contributed by atoms with Crippen LogP contribution in [0.4, 0.5) is 5.69 Å². The Morgan fingerprint density at radius 1 is 1.09 bits per heavy atom. The number of ether oxygens (including phenoxy) is 1. The maximum absolute atomic E-state index is 13.3. The van der Waals surface area contributed by atoms with Gasteiger partial charge in [-0.2, -0.15) is 0 Å². The molecule has 164 valence electrons. The number of Topliss-reactive ketones (excluding diaryl/α,β-unsaturated/α-hetero) is 1. The van der Waals surface area contributed by atoms with Crippen LogP contribution >= 0.6 is 11.3 Å². The van der Waals surface area contributed by atoms with Gasteiger partial charge in [0.25, 0.3) is 5.91 Å². The van der Waals surface area contributed by atoms with Crippen molar-refractivity contribution < 1.29 is 19.4 Å². The standard InChI is InChI=1S/C26H25NO4S/c1-4-31-20-13-11-19(12-14-20)27-23(18-9-7-17(8-10-18)16(2)3)22(25(29)26(27)30)24(28)21-6-5-15-32-21/h5-16,23,29H,4H2,1-3H3. The summed E-state index contributed by atoms with van der Waals surface area (Å²) < 4.78 is 5.51. The molecule has 1 aliphatic rings. The fraction of sp³-hybridized carbons (Fsp3) is 0.231. The lowest BCUT2D eigenvalue weighted by molar-refractivity contribution is -0.117. The van der Waals surface area contributed by atoms with Gasteiger partial charge in [0.2, 0.25) is 5.78 Å². The molecule has 1 atom stereocenters. The van der Waals surface area contributed by atoms with Gasteiger partial charge in [-0.25, -0.2) is 0 Å². The van der Waals surface area contributed by atoms with Crippen molar-refractivity contribution >= 4 is 28.7 Å². The molecule has 0 spiro atoms. The summed E-state index contributed by atoms with van der Waals surface area (Å²) in [4.78, 5) is 28.5. The highest BCUT2D eigenvalue weighted by Crippen LogP contribution is 2.42. The van der Waals surface area contributed by atoms with Gasteiger partial charge in [0.05, 0.1) is 23.1 Å². The normalized spacial score (nSPS) is 16.2. The quantitative estimate of drug-likeness (QED) is 0.448. The number of rotatable bonds is 7. The number of hydrogen-bond donors (Lipinski definition) is 1. The van der Waals surface area contributed by atoms with Gasteiger partial charge in [0, 0.05) is 5.69 Å². The zero-order chi connectivity index (χ0) is 22.8. The molecule has 2 aromatic carbocycles. The molecule has 0 fully saturated rings. The summed E-state index contributed by atoms with van der Waals surface area (Å²) in [5.41, 5.74) is 2.60. The largest absolute Gasteiger partial charge is 0.503 e. The van der Waals surface area contributed by atoms with E-state index in [9.17, 15) is 14.7 Å². The minimum Gasteiger partial charge on any atom is -0.503 e. The number of hydrogen-bond acceptors (Lipinski definition) is 5. The van der Waals surface area contributed by atoms with E-state index in [1.807, 2.05) is 31.2 Å². The van der Waals surface area contributed by atoms with E-state index >= 15 is 0 Å². The van der Waals surface area contributed by atoms with Gasteiger partial charge < -0.3 is 9.84 Å². The lowest BCUT2D eigenvalue weighted by Gasteiger charge is -2.27. The third-order valence-corrected chi connectivity index (χ3v) is 6.41. The zero-order valence-corrected chi connectivity index (χ0v) is 19.1. The molecule has 0 bridgehead atoms. The lowest BCUT2D eigenvalue weighted by Crippen LogP contribution is -2.31. The number of thiophene rings is 1. The fourth-order valence-electron chi connectivity index (χ4n) is 3.89. The topological polar surface area (TPSA) is 66.8 Å². The Kier molecular flexibility index (Phi) is 6.15. The molecular weight excluding hydrogens is 422 g/mol. The van der Waals surface area contributed by atoms with Gasteiger partial charge in [0.15, 0.2) is 5.76 Å². The molecule has 0 saturated carbocycles. The Labute approximate surface area is 191 Å². The van der Waals surface area contributed by atoms with Gasteiger partial charge in [-0.1, -0.05) is 44.2 Å². The Balaban J connectivity index is 1.81. The van der Waals surface area contributed by atoms with E-state index in [-0.39, 0.29) is 11.4 Å². The molecule has 0 radical (unpaired) electrons. The third-order valence-electron chi connectivity index (χ3n) is 5.54. The van der Waals surface area contributed by atoms with Crippen molar-refractivity contribution in [3.63, 3.8) is 0 Å². The molecule has 1 aromatic heterocycles. The van der Waals surface area contributed by atoms with Crippen LogP contribution in [0, 0.1) is 0 Å². The zero-order valence-electron chi connectivity index (χ0n) is 18.2. The summed E-state index contributed by atoms with van der Waals surface area (Å²) in [6.07, 6.45) is 0. The van der Waals surface area contributed by atoms with E-state index in [1.165, 1.54) is 16.2 Å². The number of carbonyl (C=O) groups excluding carboxylic acids is 2. The van der Waals surface area contributed by atoms with Crippen LogP contribution in [0.2, 0.25) is 0 Å². The number of carbonyl (C=O) groups is 2. The number of amides is 1. The maximum atomic E-state index is 13.3. The summed E-state index contributed by atoms with van der Waals surface area (Å²) in [5, 5.41) is 12.6. The molecule has 1 aliphatic heterocycles. The van der Waals surface area contributed by atoms with Crippen molar-refractivity contribution in [2.24, 2.45) is 0 Å². The number of aliphatic hydroxyl groups is 1. The third kappa shape index (κ3) is 3.94. The molecule has 5 nitrogen and oxygen atoms in total. The molecule has 1 unspecified atom stereocenters. The van der Waals surface area contributed by atoms with Crippen molar-refractivity contribution in [1.82, 2.24) is 0 Å². The van der Waals surface area contributed by atoms with E-state index in [1.54, 1.807) is 41.8 Å². The summed E-state index contributed by atoms with van der Waals surface area (Å²) in [7, 11) is 0.